The van der Waals surface area contributed by atoms with Crippen molar-refractivity contribution in [2.24, 2.45) is 4.66 Å². The van der Waals surface area contributed by atoms with Crippen LogP contribution in [0.4, 0.5) is 0 Å². The molecule has 13 heavy (non-hydrogen) atoms. The van der Waals surface area contributed by atoms with Gasteiger partial charge in [-0.25, -0.2) is 9.45 Å². The summed E-state index contributed by atoms with van der Waals surface area (Å²) in [5, 5.41) is 8.32. The van der Waals surface area contributed by atoms with Gasteiger partial charge < -0.3 is 8.54 Å². The van der Waals surface area contributed by atoms with Gasteiger partial charge in [0.15, 0.2) is 0 Å². The molecule has 0 aromatic heterocycles. The summed E-state index contributed by atoms with van der Waals surface area (Å²) in [6, 6.07) is 0. The summed E-state index contributed by atoms with van der Waals surface area (Å²) in [6.07, 6.45) is 3.06. The first kappa shape index (κ1) is 12.1. The van der Waals surface area contributed by atoms with E-state index in [1.165, 1.54) is 6.08 Å². The van der Waals surface area contributed by atoms with Crippen LogP contribution >= 0.6 is 0 Å². The van der Waals surface area contributed by atoms with Gasteiger partial charge in [-0.1, -0.05) is 0 Å². The van der Waals surface area contributed by atoms with Gasteiger partial charge in [0, 0.05) is 0 Å². The van der Waals surface area contributed by atoms with Gasteiger partial charge in [-0.05, 0) is 26.2 Å². The minimum Gasteiger partial charge on any atom is -0.456 e. The van der Waals surface area contributed by atoms with E-state index in [1.807, 2.05) is 0 Å². The summed E-state index contributed by atoms with van der Waals surface area (Å²) in [5.74, 6) is 0. The van der Waals surface area contributed by atoms with Crippen molar-refractivity contribution in [3.63, 3.8) is 0 Å². The average molecular weight is 216 g/mol. The van der Waals surface area contributed by atoms with Crippen LogP contribution in [0.25, 0.3) is 0 Å². The average Bonchev–Trinajstić information content (AvgIpc) is 1.82. The molecular weight excluding hydrogens is 204 g/mol. The number of nitrogens with zero attached hydrogens (tertiary/aromatic N) is 2. The molecule has 5 nitrogen and oxygen atoms in total. The quantitative estimate of drug-likeness (QED) is 0.307. The lowest BCUT2D eigenvalue weighted by Crippen LogP contribution is -2.44. The highest BCUT2D eigenvalue weighted by molar-refractivity contribution is 6.81. The zero-order chi connectivity index (χ0) is 10.5. The fourth-order valence-corrected chi connectivity index (χ4v) is 6.47. The van der Waals surface area contributed by atoms with Crippen LogP contribution < -0.4 is 0 Å². The monoisotopic (exact) mass is 216 g/mol. The Labute approximate surface area is 79.5 Å². The summed E-state index contributed by atoms with van der Waals surface area (Å²) in [7, 11) is -4.84. The fourth-order valence-electron chi connectivity index (χ4n) is 0.865. The van der Waals surface area contributed by atoms with E-state index in [2.05, 4.69) is 4.66 Å². The Kier molecular flexibility index (Phi) is 4.03. The van der Waals surface area contributed by atoms with E-state index in [9.17, 15) is 4.79 Å². The van der Waals surface area contributed by atoms with Crippen LogP contribution in [0.15, 0.2) is 4.66 Å². The van der Waals surface area contributed by atoms with Crippen molar-refractivity contribution in [3.05, 3.63) is 0 Å². The number of rotatable bonds is 4. The Balaban J connectivity index is 4.42. The third-order valence-corrected chi connectivity index (χ3v) is 6.28. The van der Waals surface area contributed by atoms with Gasteiger partial charge in [-0.3, -0.25) is 0 Å². The maximum absolute atomic E-state index is 10.0. The number of hydrogen-bond acceptors (Lipinski definition) is 5. The van der Waals surface area contributed by atoms with Crippen molar-refractivity contribution in [1.82, 2.24) is 0 Å². The Bertz CT molecular complexity index is 266. The molecule has 0 saturated carbocycles. The van der Waals surface area contributed by atoms with Gasteiger partial charge >= 0.3 is 17.0 Å². The lowest BCUT2D eigenvalue weighted by Gasteiger charge is -2.25. The van der Waals surface area contributed by atoms with Crippen molar-refractivity contribution < 1.29 is 13.3 Å². The SMILES string of the molecule is C[Si](C)(N=C=O)O[Si](C)(C)OC#N. The highest BCUT2D eigenvalue weighted by Crippen LogP contribution is 2.15. The van der Waals surface area contributed by atoms with Crippen LogP contribution in [0.2, 0.25) is 26.2 Å². The predicted octanol–water partition coefficient (Wildman–Crippen LogP) is 1.24. The van der Waals surface area contributed by atoms with Gasteiger partial charge in [0.25, 0.3) is 6.26 Å². The second-order valence-corrected chi connectivity index (χ2v) is 10.3. The molecule has 0 saturated heterocycles. The minimum absolute atomic E-state index is 1.47. The van der Waals surface area contributed by atoms with Crippen LogP contribution in [0.1, 0.15) is 0 Å². The summed E-state index contributed by atoms with van der Waals surface area (Å²) in [6.45, 7) is 6.94. The molecule has 72 valence electrons. The second-order valence-electron chi connectivity index (χ2n) is 3.35. The van der Waals surface area contributed by atoms with Gasteiger partial charge in [-0.2, -0.15) is 5.26 Å². The fraction of sp³-hybridized carbons (Fsp3) is 0.667. The Morgan fingerprint density at radius 2 is 1.85 bits per heavy atom. The van der Waals surface area contributed by atoms with Crippen LogP contribution in [-0.4, -0.2) is 23.1 Å². The van der Waals surface area contributed by atoms with Crippen LogP contribution in [-0.2, 0) is 13.3 Å². The standard InChI is InChI=1S/C6H12N2O3Si2/c1-12(2,8-6-9)11-13(3,4)10-5-7/h1-4H3. The summed E-state index contributed by atoms with van der Waals surface area (Å²) < 4.78 is 13.9. The van der Waals surface area contributed by atoms with Gasteiger partial charge in [0.1, 0.15) is 0 Å². The van der Waals surface area contributed by atoms with E-state index in [0.717, 1.165) is 0 Å². The molecule has 0 fully saturated rings. The number of nitriles is 1. The van der Waals surface area contributed by atoms with Crippen molar-refractivity contribution >= 4 is 23.1 Å². The molecule has 0 bridgehead atoms. The molecule has 0 aliphatic carbocycles. The summed E-state index contributed by atoms with van der Waals surface area (Å²) >= 11 is 0. The van der Waals surface area contributed by atoms with E-state index >= 15 is 0 Å². The zero-order valence-corrected chi connectivity index (χ0v) is 10.1. The number of carbonyl (C=O) groups excluding carboxylic acids is 1. The molecule has 0 aliphatic heterocycles. The van der Waals surface area contributed by atoms with E-state index in [1.54, 1.807) is 32.4 Å². The van der Waals surface area contributed by atoms with Crippen LogP contribution in [0.5, 0.6) is 0 Å². The van der Waals surface area contributed by atoms with Crippen molar-refractivity contribution in [2.75, 3.05) is 0 Å². The molecule has 0 aliphatic rings. The predicted molar refractivity (Wildman–Crippen MR) is 50.9 cm³/mol. The number of isocyanates is 1. The summed E-state index contributed by atoms with van der Waals surface area (Å²) in [5.41, 5.74) is 0. The van der Waals surface area contributed by atoms with E-state index in [0.29, 0.717) is 0 Å². The molecular formula is C6H12N2O3Si2. The molecule has 0 spiro atoms. The van der Waals surface area contributed by atoms with E-state index in [4.69, 9.17) is 13.8 Å². The molecule has 0 aromatic rings. The topological polar surface area (TPSA) is 71.7 Å². The third-order valence-electron chi connectivity index (χ3n) is 1.10. The molecule has 0 aromatic carbocycles. The van der Waals surface area contributed by atoms with E-state index in [-0.39, 0.29) is 0 Å². The molecule has 0 heterocycles. The van der Waals surface area contributed by atoms with Crippen LogP contribution in [0.3, 0.4) is 0 Å². The number of hydrogen-bond donors (Lipinski definition) is 0. The summed E-state index contributed by atoms with van der Waals surface area (Å²) in [4.78, 5) is 10.0. The first-order valence-electron chi connectivity index (χ1n) is 3.69. The Hall–Kier alpha value is -0.936. The van der Waals surface area contributed by atoms with Crippen molar-refractivity contribution in [2.45, 2.75) is 26.2 Å². The molecule has 0 amide bonds. The Morgan fingerprint density at radius 3 is 2.23 bits per heavy atom. The second kappa shape index (κ2) is 4.34. The maximum Gasteiger partial charge on any atom is 0.397 e. The van der Waals surface area contributed by atoms with E-state index < -0.39 is 17.0 Å². The van der Waals surface area contributed by atoms with Crippen molar-refractivity contribution in [1.29, 1.82) is 5.26 Å². The largest absolute Gasteiger partial charge is 0.456 e. The maximum atomic E-state index is 10.0. The molecule has 7 heteroatoms. The molecule has 0 atom stereocenters. The molecule has 0 radical (unpaired) electrons. The molecule has 0 N–H and O–H groups in total. The first-order valence-corrected chi connectivity index (χ1v) is 9.36. The molecule has 0 unspecified atom stereocenters. The first-order chi connectivity index (χ1) is 5.83. The van der Waals surface area contributed by atoms with Gasteiger partial charge in [0.2, 0.25) is 6.08 Å². The minimum atomic E-state index is -2.45. The zero-order valence-electron chi connectivity index (χ0n) is 8.12. The molecule has 0 rings (SSSR count). The van der Waals surface area contributed by atoms with Crippen LogP contribution in [0, 0.1) is 11.5 Å². The Morgan fingerprint density at radius 1 is 1.31 bits per heavy atom. The highest BCUT2D eigenvalue weighted by atomic mass is 28.4. The van der Waals surface area contributed by atoms with Gasteiger partial charge in [-0.15, -0.1) is 0 Å². The normalized spacial score (nSPS) is 11.3. The lowest BCUT2D eigenvalue weighted by molar-refractivity contribution is 0.366. The lowest BCUT2D eigenvalue weighted by atomic mass is 11.6. The van der Waals surface area contributed by atoms with Crippen molar-refractivity contribution in [3.8, 4) is 6.26 Å². The highest BCUT2D eigenvalue weighted by Gasteiger charge is 2.36. The van der Waals surface area contributed by atoms with Gasteiger partial charge in [0.05, 0.1) is 0 Å². The smallest absolute Gasteiger partial charge is 0.397 e. The third kappa shape index (κ3) is 5.33.